The summed E-state index contributed by atoms with van der Waals surface area (Å²) in [4.78, 5) is 15.6. The maximum absolute atomic E-state index is 11.2. The number of carboxylic acid groups (broad SMARTS) is 1. The van der Waals surface area contributed by atoms with Crippen LogP contribution in [0.3, 0.4) is 0 Å². The van der Waals surface area contributed by atoms with Crippen LogP contribution in [-0.4, -0.2) is 16.1 Å². The fourth-order valence-corrected chi connectivity index (χ4v) is 2.02. The van der Waals surface area contributed by atoms with Gasteiger partial charge in [-0.3, -0.25) is 4.79 Å². The Kier molecular flexibility index (Phi) is 3.86. The van der Waals surface area contributed by atoms with Gasteiger partial charge in [-0.1, -0.05) is 17.7 Å². The van der Waals surface area contributed by atoms with Gasteiger partial charge in [0, 0.05) is 17.0 Å². The van der Waals surface area contributed by atoms with Crippen LogP contribution in [0.15, 0.2) is 28.7 Å². The topological polar surface area (TPSA) is 63.3 Å². The molecule has 2 aromatic rings. The smallest absolute Gasteiger partial charge is 0.309 e. The van der Waals surface area contributed by atoms with Crippen molar-refractivity contribution in [3.8, 4) is 11.5 Å². The van der Waals surface area contributed by atoms with Crippen LogP contribution in [0.25, 0.3) is 11.5 Å². The zero-order valence-electron chi connectivity index (χ0n) is 11.6. The van der Waals surface area contributed by atoms with Crippen LogP contribution >= 0.6 is 11.6 Å². The molecule has 0 radical (unpaired) electrons. The number of hydrogen-bond donors (Lipinski definition) is 1. The second kappa shape index (κ2) is 5.29. The normalized spacial score (nSPS) is 11.6. The predicted octanol–water partition coefficient (Wildman–Crippen LogP) is 3.96. The first-order valence-corrected chi connectivity index (χ1v) is 6.63. The molecular weight excluding hydrogens is 278 g/mol. The number of oxazole rings is 1. The quantitative estimate of drug-likeness (QED) is 0.927. The predicted molar refractivity (Wildman–Crippen MR) is 76.8 cm³/mol. The monoisotopic (exact) mass is 293 g/mol. The van der Waals surface area contributed by atoms with Crippen LogP contribution in [0.4, 0.5) is 0 Å². The van der Waals surface area contributed by atoms with Gasteiger partial charge in [0.15, 0.2) is 0 Å². The Balaban J connectivity index is 2.33. The summed E-state index contributed by atoms with van der Waals surface area (Å²) in [6.45, 7) is 5.12. The first-order chi connectivity index (χ1) is 9.29. The average Bonchev–Trinajstić information content (AvgIpc) is 2.70. The molecule has 0 unspecified atom stereocenters. The zero-order chi connectivity index (χ0) is 14.9. The number of aromatic nitrogens is 1. The molecule has 0 bridgehead atoms. The van der Waals surface area contributed by atoms with Gasteiger partial charge in [0.05, 0.1) is 11.1 Å². The van der Waals surface area contributed by atoms with Crippen molar-refractivity contribution < 1.29 is 14.3 Å². The van der Waals surface area contributed by atoms with E-state index in [0.717, 1.165) is 5.56 Å². The number of hydrogen-bond acceptors (Lipinski definition) is 3. The van der Waals surface area contributed by atoms with Crippen molar-refractivity contribution in [1.82, 2.24) is 4.98 Å². The summed E-state index contributed by atoms with van der Waals surface area (Å²) >= 11 is 5.94. The Labute approximate surface area is 122 Å². The lowest BCUT2D eigenvalue weighted by atomic mass is 9.88. The molecule has 0 fully saturated rings. The molecule has 2 rings (SSSR count). The van der Waals surface area contributed by atoms with Gasteiger partial charge in [-0.25, -0.2) is 4.98 Å². The van der Waals surface area contributed by atoms with Gasteiger partial charge in [0.2, 0.25) is 5.89 Å². The van der Waals surface area contributed by atoms with E-state index in [1.54, 1.807) is 32.9 Å². The minimum absolute atomic E-state index is 0.318. The standard InChI is InChI=1S/C15H16ClNO3/c1-9-12(8-15(2,3)14(18)19)17-13(20-9)10-5-4-6-11(16)7-10/h4-7H,8H2,1-3H3,(H,18,19). The maximum atomic E-state index is 11.2. The molecule has 106 valence electrons. The lowest BCUT2D eigenvalue weighted by molar-refractivity contribution is -0.146. The molecule has 0 saturated heterocycles. The van der Waals surface area contributed by atoms with Crippen molar-refractivity contribution in [1.29, 1.82) is 0 Å². The second-order valence-electron chi connectivity index (χ2n) is 5.40. The van der Waals surface area contributed by atoms with E-state index in [9.17, 15) is 9.90 Å². The fraction of sp³-hybridized carbons (Fsp3) is 0.333. The Hall–Kier alpha value is -1.81. The summed E-state index contributed by atoms with van der Waals surface area (Å²) in [6, 6.07) is 7.20. The van der Waals surface area contributed by atoms with Crippen LogP contribution in [0.1, 0.15) is 25.3 Å². The molecule has 0 spiro atoms. The third kappa shape index (κ3) is 3.02. The largest absolute Gasteiger partial charge is 0.481 e. The highest BCUT2D eigenvalue weighted by atomic mass is 35.5. The van der Waals surface area contributed by atoms with Gasteiger partial charge in [-0.15, -0.1) is 0 Å². The first-order valence-electron chi connectivity index (χ1n) is 6.25. The van der Waals surface area contributed by atoms with Crippen LogP contribution in [0, 0.1) is 12.3 Å². The number of carboxylic acids is 1. The van der Waals surface area contributed by atoms with Crippen molar-refractivity contribution in [2.45, 2.75) is 27.2 Å². The lowest BCUT2D eigenvalue weighted by Crippen LogP contribution is -2.26. The number of rotatable bonds is 4. The van der Waals surface area contributed by atoms with Crippen molar-refractivity contribution in [3.63, 3.8) is 0 Å². The molecule has 1 N–H and O–H groups in total. The van der Waals surface area contributed by atoms with E-state index in [4.69, 9.17) is 16.0 Å². The number of nitrogens with zero attached hydrogens (tertiary/aromatic N) is 1. The van der Waals surface area contributed by atoms with Gasteiger partial charge in [-0.05, 0) is 39.0 Å². The van der Waals surface area contributed by atoms with Gasteiger partial charge < -0.3 is 9.52 Å². The summed E-state index contributed by atoms with van der Waals surface area (Å²) in [6.07, 6.45) is 0.318. The molecule has 0 atom stereocenters. The SMILES string of the molecule is Cc1oc(-c2cccc(Cl)c2)nc1CC(C)(C)C(=O)O. The van der Waals surface area contributed by atoms with Crippen molar-refractivity contribution in [2.24, 2.45) is 5.41 Å². The van der Waals surface area contributed by atoms with Crippen LogP contribution in [-0.2, 0) is 11.2 Å². The molecular formula is C15H16ClNO3. The third-order valence-corrected chi connectivity index (χ3v) is 3.39. The Bertz CT molecular complexity index is 646. The Morgan fingerprint density at radius 3 is 2.75 bits per heavy atom. The number of aliphatic carboxylic acids is 1. The molecule has 1 aromatic carbocycles. The summed E-state index contributed by atoms with van der Waals surface area (Å²) < 4.78 is 5.62. The molecule has 1 heterocycles. The molecule has 1 aromatic heterocycles. The average molecular weight is 294 g/mol. The molecule has 5 heteroatoms. The molecule has 0 aliphatic rings. The highest BCUT2D eigenvalue weighted by molar-refractivity contribution is 6.30. The van der Waals surface area contributed by atoms with Crippen molar-refractivity contribution in [2.75, 3.05) is 0 Å². The molecule has 0 saturated carbocycles. The summed E-state index contributed by atoms with van der Waals surface area (Å²) in [5, 5.41) is 9.78. The number of benzene rings is 1. The molecule has 20 heavy (non-hydrogen) atoms. The minimum atomic E-state index is -0.882. The van der Waals surface area contributed by atoms with E-state index >= 15 is 0 Å². The van der Waals surface area contributed by atoms with Gasteiger partial charge >= 0.3 is 5.97 Å². The first kappa shape index (κ1) is 14.6. The Morgan fingerprint density at radius 2 is 2.15 bits per heavy atom. The summed E-state index contributed by atoms with van der Waals surface area (Å²) in [7, 11) is 0. The number of halogens is 1. The van der Waals surface area contributed by atoms with E-state index in [2.05, 4.69) is 4.98 Å². The van der Waals surface area contributed by atoms with Crippen molar-refractivity contribution >= 4 is 17.6 Å². The van der Waals surface area contributed by atoms with Crippen LogP contribution in [0.5, 0.6) is 0 Å². The molecule has 4 nitrogen and oxygen atoms in total. The van der Waals surface area contributed by atoms with Crippen LogP contribution in [0.2, 0.25) is 5.02 Å². The fourth-order valence-electron chi connectivity index (χ4n) is 1.83. The van der Waals surface area contributed by atoms with E-state index in [1.165, 1.54) is 0 Å². The third-order valence-electron chi connectivity index (χ3n) is 3.15. The minimum Gasteiger partial charge on any atom is -0.481 e. The maximum Gasteiger partial charge on any atom is 0.309 e. The zero-order valence-corrected chi connectivity index (χ0v) is 12.4. The molecule has 0 amide bonds. The highest BCUT2D eigenvalue weighted by Gasteiger charge is 2.30. The van der Waals surface area contributed by atoms with Gasteiger partial charge in [-0.2, -0.15) is 0 Å². The van der Waals surface area contributed by atoms with Gasteiger partial charge in [0.25, 0.3) is 0 Å². The van der Waals surface area contributed by atoms with Crippen LogP contribution < -0.4 is 0 Å². The van der Waals surface area contributed by atoms with E-state index in [-0.39, 0.29) is 0 Å². The lowest BCUT2D eigenvalue weighted by Gasteiger charge is -2.17. The second-order valence-corrected chi connectivity index (χ2v) is 5.83. The summed E-state index contributed by atoms with van der Waals surface area (Å²) in [5.41, 5.74) is 0.556. The molecule has 0 aliphatic heterocycles. The highest BCUT2D eigenvalue weighted by Crippen LogP contribution is 2.28. The number of aryl methyl sites for hydroxylation is 1. The number of carbonyl (C=O) groups is 1. The van der Waals surface area contributed by atoms with Crippen molar-refractivity contribution in [3.05, 3.63) is 40.7 Å². The van der Waals surface area contributed by atoms with E-state index in [0.29, 0.717) is 28.8 Å². The van der Waals surface area contributed by atoms with Gasteiger partial charge in [0.1, 0.15) is 5.76 Å². The Morgan fingerprint density at radius 1 is 1.45 bits per heavy atom. The van der Waals surface area contributed by atoms with E-state index < -0.39 is 11.4 Å². The molecule has 0 aliphatic carbocycles. The summed E-state index contributed by atoms with van der Waals surface area (Å²) in [5.74, 6) is 0.236. The van der Waals surface area contributed by atoms with E-state index in [1.807, 2.05) is 12.1 Å².